The number of pyridine rings is 1. The van der Waals surface area contributed by atoms with Gasteiger partial charge >= 0.3 is 0 Å². The lowest BCUT2D eigenvalue weighted by molar-refractivity contribution is 0.0420. The number of ether oxygens (including phenoxy) is 2. The number of nitrogens with one attached hydrogen (secondary N) is 2. The lowest BCUT2D eigenvalue weighted by Gasteiger charge is -2.12. The Hall–Kier alpha value is -1.39. The molecule has 26 heavy (non-hydrogen) atoms. The van der Waals surface area contributed by atoms with Crippen molar-refractivity contribution >= 4 is 35.6 Å². The molecule has 1 fully saturated rings. The van der Waals surface area contributed by atoms with Crippen LogP contribution in [-0.4, -0.2) is 61.4 Å². The largest absolute Gasteiger partial charge is 0.379 e. The van der Waals surface area contributed by atoms with E-state index < -0.39 is 0 Å². The first-order valence-electron chi connectivity index (χ1n) is 8.91. The molecule has 8 heteroatoms. The topological polar surface area (TPSA) is 72.2 Å². The molecule has 0 aromatic carbocycles. The number of hydrogen-bond acceptors (Lipinski definition) is 4. The second-order valence-corrected chi connectivity index (χ2v) is 6.08. The minimum Gasteiger partial charge on any atom is -0.379 e. The number of rotatable bonds is 8. The Morgan fingerprint density at radius 2 is 2.27 bits per heavy atom. The molecule has 2 N–H and O–H groups in total. The number of imidazole rings is 1. The lowest BCUT2D eigenvalue weighted by atomic mass is 10.3. The summed E-state index contributed by atoms with van der Waals surface area (Å²) in [5.41, 5.74) is 2.05. The van der Waals surface area contributed by atoms with Crippen molar-refractivity contribution in [2.75, 3.05) is 40.0 Å². The number of fused-ring (bicyclic) bond motifs is 1. The Kier molecular flexibility index (Phi) is 9.13. The predicted octanol–water partition coefficient (Wildman–Crippen LogP) is 1.86. The third kappa shape index (κ3) is 6.40. The molecule has 2 aromatic rings. The summed E-state index contributed by atoms with van der Waals surface area (Å²) in [6.45, 7) is 3.94. The zero-order chi connectivity index (χ0) is 17.3. The van der Waals surface area contributed by atoms with Crippen molar-refractivity contribution in [3.05, 3.63) is 36.3 Å². The van der Waals surface area contributed by atoms with Gasteiger partial charge in [0.1, 0.15) is 5.65 Å². The molecule has 1 aliphatic rings. The van der Waals surface area contributed by atoms with Gasteiger partial charge in [-0.15, -0.1) is 24.0 Å². The van der Waals surface area contributed by atoms with Crippen LogP contribution in [0.1, 0.15) is 18.5 Å². The maximum atomic E-state index is 5.75. The van der Waals surface area contributed by atoms with Crippen LogP contribution in [0.2, 0.25) is 0 Å². The molecular formula is C18H28IN5O2. The molecule has 3 heterocycles. The van der Waals surface area contributed by atoms with Gasteiger partial charge in [-0.25, -0.2) is 4.98 Å². The highest BCUT2D eigenvalue weighted by molar-refractivity contribution is 14.0. The van der Waals surface area contributed by atoms with E-state index in [2.05, 4.69) is 26.8 Å². The minimum atomic E-state index is 0. The molecule has 0 bridgehead atoms. The SMILES string of the molecule is CN=C(NCCCOC1CCOC1)NCCc1cn2ccccc2n1.I. The third-order valence-electron chi connectivity index (χ3n) is 4.17. The maximum Gasteiger partial charge on any atom is 0.190 e. The van der Waals surface area contributed by atoms with E-state index in [9.17, 15) is 0 Å². The molecule has 0 saturated carbocycles. The highest BCUT2D eigenvalue weighted by atomic mass is 127. The summed E-state index contributed by atoms with van der Waals surface area (Å²) in [5.74, 6) is 0.813. The first kappa shape index (κ1) is 20.9. The third-order valence-corrected chi connectivity index (χ3v) is 4.17. The minimum absolute atomic E-state index is 0. The van der Waals surface area contributed by atoms with Gasteiger partial charge in [0.05, 0.1) is 18.4 Å². The van der Waals surface area contributed by atoms with Crippen LogP contribution >= 0.6 is 24.0 Å². The summed E-state index contributed by atoms with van der Waals surface area (Å²) in [6, 6.07) is 6.02. The van der Waals surface area contributed by atoms with Gasteiger partial charge in [0, 0.05) is 52.2 Å². The fraction of sp³-hybridized carbons (Fsp3) is 0.556. The van der Waals surface area contributed by atoms with Crippen molar-refractivity contribution in [1.29, 1.82) is 0 Å². The molecule has 0 spiro atoms. The van der Waals surface area contributed by atoms with Crippen LogP contribution in [0.3, 0.4) is 0 Å². The van der Waals surface area contributed by atoms with Crippen LogP contribution in [0.5, 0.6) is 0 Å². The van der Waals surface area contributed by atoms with Crippen molar-refractivity contribution < 1.29 is 9.47 Å². The van der Waals surface area contributed by atoms with Crippen molar-refractivity contribution in [1.82, 2.24) is 20.0 Å². The van der Waals surface area contributed by atoms with Gasteiger partial charge in [-0.2, -0.15) is 0 Å². The van der Waals surface area contributed by atoms with Crippen LogP contribution < -0.4 is 10.6 Å². The van der Waals surface area contributed by atoms with Crippen LogP contribution in [0.25, 0.3) is 5.65 Å². The number of guanidine groups is 1. The molecule has 1 unspecified atom stereocenters. The fourth-order valence-electron chi connectivity index (χ4n) is 2.81. The van der Waals surface area contributed by atoms with Crippen molar-refractivity contribution in [3.8, 4) is 0 Å². The van der Waals surface area contributed by atoms with E-state index >= 15 is 0 Å². The van der Waals surface area contributed by atoms with Gasteiger partial charge in [0.15, 0.2) is 5.96 Å². The van der Waals surface area contributed by atoms with E-state index in [0.717, 1.165) is 69.5 Å². The van der Waals surface area contributed by atoms with Crippen molar-refractivity contribution in [2.45, 2.75) is 25.4 Å². The average Bonchev–Trinajstić information content (AvgIpc) is 3.28. The lowest BCUT2D eigenvalue weighted by Crippen LogP contribution is -2.39. The summed E-state index contributed by atoms with van der Waals surface area (Å²) in [4.78, 5) is 8.84. The Morgan fingerprint density at radius 3 is 3.04 bits per heavy atom. The van der Waals surface area contributed by atoms with Gasteiger partial charge in [0.2, 0.25) is 0 Å². The highest BCUT2D eigenvalue weighted by Crippen LogP contribution is 2.08. The van der Waals surface area contributed by atoms with Crippen LogP contribution in [0.4, 0.5) is 0 Å². The molecule has 1 saturated heterocycles. The van der Waals surface area contributed by atoms with E-state index in [0.29, 0.717) is 0 Å². The standard InChI is InChI=1S/C18H27N5O2.HI/c1-19-18(20-8-4-11-25-16-7-12-24-14-16)21-9-6-15-13-23-10-3-2-5-17(23)22-15;/h2-3,5,10,13,16H,4,6-9,11-12,14H2,1H3,(H2,19,20,21);1H. The van der Waals surface area contributed by atoms with E-state index in [4.69, 9.17) is 9.47 Å². The molecular weight excluding hydrogens is 445 g/mol. The zero-order valence-corrected chi connectivity index (χ0v) is 17.5. The van der Waals surface area contributed by atoms with Gasteiger partial charge < -0.3 is 24.5 Å². The van der Waals surface area contributed by atoms with E-state index in [1.165, 1.54) is 0 Å². The molecule has 0 radical (unpaired) electrons. The van der Waals surface area contributed by atoms with Gasteiger partial charge in [-0.3, -0.25) is 4.99 Å². The van der Waals surface area contributed by atoms with Crippen molar-refractivity contribution in [2.24, 2.45) is 4.99 Å². The van der Waals surface area contributed by atoms with Crippen LogP contribution in [0, 0.1) is 0 Å². The Morgan fingerprint density at radius 1 is 1.38 bits per heavy atom. The van der Waals surface area contributed by atoms with Gasteiger partial charge in [-0.05, 0) is 25.0 Å². The maximum absolute atomic E-state index is 5.75. The first-order valence-corrected chi connectivity index (χ1v) is 8.91. The van der Waals surface area contributed by atoms with E-state index in [1.807, 2.05) is 28.8 Å². The number of halogens is 1. The zero-order valence-electron chi connectivity index (χ0n) is 15.2. The number of hydrogen-bond donors (Lipinski definition) is 2. The van der Waals surface area contributed by atoms with E-state index in [1.54, 1.807) is 7.05 Å². The van der Waals surface area contributed by atoms with Crippen LogP contribution in [0.15, 0.2) is 35.6 Å². The molecule has 2 aromatic heterocycles. The normalized spacial score (nSPS) is 17.3. The van der Waals surface area contributed by atoms with Crippen LogP contribution in [-0.2, 0) is 15.9 Å². The molecule has 0 aliphatic carbocycles. The Balaban J connectivity index is 0.00000243. The predicted molar refractivity (Wildman–Crippen MR) is 113 cm³/mol. The monoisotopic (exact) mass is 473 g/mol. The molecule has 3 rings (SSSR count). The first-order chi connectivity index (χ1) is 12.3. The molecule has 144 valence electrons. The molecule has 7 nitrogen and oxygen atoms in total. The molecule has 0 amide bonds. The smallest absolute Gasteiger partial charge is 0.190 e. The molecule has 1 aliphatic heterocycles. The summed E-state index contributed by atoms with van der Waals surface area (Å²) >= 11 is 0. The van der Waals surface area contributed by atoms with Gasteiger partial charge in [0.25, 0.3) is 0 Å². The second kappa shape index (κ2) is 11.3. The quantitative estimate of drug-likeness (QED) is 0.265. The average molecular weight is 473 g/mol. The van der Waals surface area contributed by atoms with Gasteiger partial charge in [-0.1, -0.05) is 6.07 Å². The second-order valence-electron chi connectivity index (χ2n) is 6.08. The number of aliphatic imine (C=N–C) groups is 1. The van der Waals surface area contributed by atoms with E-state index in [-0.39, 0.29) is 30.1 Å². The Bertz CT molecular complexity index is 652. The summed E-state index contributed by atoms with van der Waals surface area (Å²) in [5, 5.41) is 6.63. The fourth-order valence-corrected chi connectivity index (χ4v) is 2.81. The number of nitrogens with zero attached hydrogens (tertiary/aromatic N) is 3. The highest BCUT2D eigenvalue weighted by Gasteiger charge is 2.15. The Labute approximate surface area is 171 Å². The summed E-state index contributed by atoms with van der Waals surface area (Å²) in [7, 11) is 1.78. The molecule has 1 atom stereocenters. The summed E-state index contributed by atoms with van der Waals surface area (Å²) in [6.07, 6.45) is 7.18. The number of aromatic nitrogens is 2. The van der Waals surface area contributed by atoms with Crippen molar-refractivity contribution in [3.63, 3.8) is 0 Å². The summed E-state index contributed by atoms with van der Waals surface area (Å²) < 4.78 is 13.1.